The van der Waals surface area contributed by atoms with E-state index in [0.717, 1.165) is 19.3 Å². The second-order valence-electron chi connectivity index (χ2n) is 8.34. The number of nitriles is 1. The van der Waals surface area contributed by atoms with E-state index < -0.39 is 16.1 Å². The highest BCUT2D eigenvalue weighted by molar-refractivity contribution is 7.99. The predicted molar refractivity (Wildman–Crippen MR) is 131 cm³/mol. The van der Waals surface area contributed by atoms with Crippen LogP contribution in [0.3, 0.4) is 0 Å². The van der Waals surface area contributed by atoms with E-state index in [1.807, 2.05) is 6.07 Å². The first-order valence-electron chi connectivity index (χ1n) is 11.2. The minimum atomic E-state index is -3.51. The van der Waals surface area contributed by atoms with Crippen LogP contribution in [0.5, 0.6) is 0 Å². The van der Waals surface area contributed by atoms with Crippen molar-refractivity contribution >= 4 is 39.3 Å². The van der Waals surface area contributed by atoms with Crippen LogP contribution in [0.15, 0.2) is 53.4 Å². The summed E-state index contributed by atoms with van der Waals surface area (Å²) in [5, 5.41) is 11.7. The van der Waals surface area contributed by atoms with Crippen molar-refractivity contribution in [3.63, 3.8) is 0 Å². The van der Waals surface area contributed by atoms with Crippen molar-refractivity contribution in [3.8, 4) is 6.07 Å². The Hall–Kier alpha value is -2.87. The van der Waals surface area contributed by atoms with Gasteiger partial charge in [0, 0.05) is 24.5 Å². The molecule has 1 unspecified atom stereocenters. The van der Waals surface area contributed by atoms with Gasteiger partial charge in [0.15, 0.2) is 0 Å². The van der Waals surface area contributed by atoms with Crippen LogP contribution in [0.2, 0.25) is 0 Å². The summed E-state index contributed by atoms with van der Waals surface area (Å²) < 4.78 is 27.2. The highest BCUT2D eigenvalue weighted by Crippen LogP contribution is 2.25. The molecule has 0 bridgehead atoms. The highest BCUT2D eigenvalue weighted by atomic mass is 32.2. The van der Waals surface area contributed by atoms with Gasteiger partial charge in [0.25, 0.3) is 0 Å². The monoisotopic (exact) mass is 498 g/mol. The summed E-state index contributed by atoms with van der Waals surface area (Å²) in [6.07, 6.45) is 2.89. The first kappa shape index (κ1) is 24.3. The molecule has 2 heterocycles. The van der Waals surface area contributed by atoms with Gasteiger partial charge in [-0.2, -0.15) is 9.57 Å². The molecule has 2 saturated heterocycles. The maximum atomic E-state index is 13.0. The number of anilines is 1. The molecule has 1 N–H and O–H groups in total. The van der Waals surface area contributed by atoms with E-state index in [-0.39, 0.29) is 23.1 Å². The number of thioether (sulfide) groups is 1. The molecule has 2 aromatic carbocycles. The van der Waals surface area contributed by atoms with Crippen molar-refractivity contribution in [2.45, 2.75) is 36.6 Å². The number of hydrogen-bond acceptors (Lipinski definition) is 6. The second-order valence-corrected chi connectivity index (χ2v) is 11.3. The van der Waals surface area contributed by atoms with Gasteiger partial charge in [-0.05, 0) is 54.8 Å². The minimum absolute atomic E-state index is 0.0885. The van der Waals surface area contributed by atoms with Crippen LogP contribution in [0.1, 0.15) is 30.4 Å². The van der Waals surface area contributed by atoms with Crippen LogP contribution in [-0.4, -0.2) is 60.2 Å². The number of piperidine rings is 1. The van der Waals surface area contributed by atoms with Crippen molar-refractivity contribution in [2.75, 3.05) is 30.0 Å². The fraction of sp³-hybridized carbons (Fsp3) is 0.375. The molecule has 2 aliphatic rings. The van der Waals surface area contributed by atoms with Gasteiger partial charge in [-0.3, -0.25) is 9.59 Å². The number of amides is 2. The molecule has 2 fully saturated rings. The molecule has 10 heteroatoms. The molecule has 178 valence electrons. The maximum absolute atomic E-state index is 13.0. The molecule has 34 heavy (non-hydrogen) atoms. The number of rotatable bonds is 6. The standard InChI is InChI=1S/C24H26N4O4S2/c25-15-19-4-8-20(9-5-19)26-24(30)22-16-33-17-28(22)23(29)14-18-6-10-21(11-7-18)34(31,32)27-12-2-1-3-13-27/h4-11,22H,1-3,12-14,16-17H2,(H,26,30). The highest BCUT2D eigenvalue weighted by Gasteiger charge is 2.34. The summed E-state index contributed by atoms with van der Waals surface area (Å²) in [6, 6.07) is 14.5. The number of carbonyl (C=O) groups excluding carboxylic acids is 2. The first-order chi connectivity index (χ1) is 16.4. The van der Waals surface area contributed by atoms with Gasteiger partial charge in [-0.25, -0.2) is 8.42 Å². The van der Waals surface area contributed by atoms with Gasteiger partial charge >= 0.3 is 0 Å². The third kappa shape index (κ3) is 5.43. The summed E-state index contributed by atoms with van der Waals surface area (Å²) >= 11 is 1.51. The van der Waals surface area contributed by atoms with Gasteiger partial charge in [0.1, 0.15) is 6.04 Å². The third-order valence-corrected chi connectivity index (χ3v) is 8.94. The predicted octanol–water partition coefficient (Wildman–Crippen LogP) is 2.82. The molecule has 0 radical (unpaired) electrons. The quantitative estimate of drug-likeness (QED) is 0.656. The van der Waals surface area contributed by atoms with Gasteiger partial charge in [0.05, 0.1) is 28.8 Å². The Morgan fingerprint density at radius 3 is 2.35 bits per heavy atom. The molecular formula is C24H26N4O4S2. The van der Waals surface area contributed by atoms with Crippen LogP contribution in [0.4, 0.5) is 5.69 Å². The van der Waals surface area contributed by atoms with Crippen molar-refractivity contribution in [2.24, 2.45) is 0 Å². The summed E-state index contributed by atoms with van der Waals surface area (Å²) in [6.45, 7) is 1.09. The molecule has 0 spiro atoms. The van der Waals surface area contributed by atoms with Crippen molar-refractivity contribution in [1.29, 1.82) is 5.26 Å². The van der Waals surface area contributed by atoms with Crippen LogP contribution in [0.25, 0.3) is 0 Å². The summed E-state index contributed by atoms with van der Waals surface area (Å²) in [5.41, 5.74) is 1.77. The molecule has 1 atom stereocenters. The number of sulfonamides is 1. The van der Waals surface area contributed by atoms with Crippen LogP contribution < -0.4 is 5.32 Å². The lowest BCUT2D eigenvalue weighted by Crippen LogP contribution is -2.45. The van der Waals surface area contributed by atoms with E-state index in [0.29, 0.717) is 41.5 Å². The van der Waals surface area contributed by atoms with Gasteiger partial charge < -0.3 is 10.2 Å². The van der Waals surface area contributed by atoms with Crippen LogP contribution >= 0.6 is 11.8 Å². The third-order valence-electron chi connectivity index (χ3n) is 6.02. The van der Waals surface area contributed by atoms with E-state index in [2.05, 4.69) is 5.32 Å². The van der Waals surface area contributed by atoms with Crippen molar-refractivity contribution in [1.82, 2.24) is 9.21 Å². The lowest BCUT2D eigenvalue weighted by molar-refractivity contribution is -0.135. The summed E-state index contributed by atoms with van der Waals surface area (Å²) in [7, 11) is -3.51. The Kier molecular flexibility index (Phi) is 7.56. The number of carbonyl (C=O) groups is 2. The lowest BCUT2D eigenvalue weighted by atomic mass is 10.1. The minimum Gasteiger partial charge on any atom is -0.324 e. The summed E-state index contributed by atoms with van der Waals surface area (Å²) in [4.78, 5) is 27.5. The van der Waals surface area contributed by atoms with E-state index in [1.165, 1.54) is 16.1 Å². The molecule has 0 saturated carbocycles. The first-order valence-corrected chi connectivity index (χ1v) is 13.8. The molecular weight excluding hydrogens is 472 g/mol. The zero-order valence-electron chi connectivity index (χ0n) is 18.6. The van der Waals surface area contributed by atoms with E-state index in [9.17, 15) is 18.0 Å². The normalized spacial score (nSPS) is 18.9. The van der Waals surface area contributed by atoms with Crippen LogP contribution in [0, 0.1) is 11.3 Å². The maximum Gasteiger partial charge on any atom is 0.248 e. The zero-order chi connectivity index (χ0) is 24.1. The fourth-order valence-electron chi connectivity index (χ4n) is 4.07. The van der Waals surface area contributed by atoms with Crippen molar-refractivity contribution < 1.29 is 18.0 Å². The average molecular weight is 499 g/mol. The second kappa shape index (κ2) is 10.6. The molecule has 8 nitrogen and oxygen atoms in total. The van der Waals surface area contributed by atoms with Crippen molar-refractivity contribution in [3.05, 3.63) is 59.7 Å². The number of nitrogens with one attached hydrogen (secondary N) is 1. The summed E-state index contributed by atoms with van der Waals surface area (Å²) in [5.74, 6) is 0.467. The average Bonchev–Trinajstić information content (AvgIpc) is 3.36. The molecule has 2 amide bonds. The Morgan fingerprint density at radius 1 is 1.03 bits per heavy atom. The number of nitrogens with zero attached hydrogens (tertiary/aromatic N) is 3. The Bertz CT molecular complexity index is 1180. The molecule has 0 aliphatic carbocycles. The Morgan fingerprint density at radius 2 is 1.71 bits per heavy atom. The van der Waals surface area contributed by atoms with Crippen LogP contribution in [-0.2, 0) is 26.0 Å². The largest absolute Gasteiger partial charge is 0.324 e. The molecule has 2 aliphatic heterocycles. The topological polar surface area (TPSA) is 111 Å². The number of hydrogen-bond donors (Lipinski definition) is 1. The SMILES string of the molecule is N#Cc1ccc(NC(=O)C2CSCN2C(=O)Cc2ccc(S(=O)(=O)N3CCCCC3)cc2)cc1. The molecule has 0 aromatic heterocycles. The fourth-order valence-corrected chi connectivity index (χ4v) is 6.77. The van der Waals surface area contributed by atoms with E-state index in [4.69, 9.17) is 5.26 Å². The smallest absolute Gasteiger partial charge is 0.248 e. The van der Waals surface area contributed by atoms with E-state index >= 15 is 0 Å². The van der Waals surface area contributed by atoms with E-state index in [1.54, 1.807) is 53.4 Å². The Labute approximate surface area is 204 Å². The molecule has 4 rings (SSSR count). The lowest BCUT2D eigenvalue weighted by Gasteiger charge is -2.26. The van der Waals surface area contributed by atoms with Gasteiger partial charge in [0.2, 0.25) is 21.8 Å². The number of benzene rings is 2. The van der Waals surface area contributed by atoms with Gasteiger partial charge in [-0.15, -0.1) is 11.8 Å². The zero-order valence-corrected chi connectivity index (χ0v) is 20.3. The molecule has 2 aromatic rings. The Balaban J connectivity index is 1.38. The van der Waals surface area contributed by atoms with Gasteiger partial charge in [-0.1, -0.05) is 18.6 Å².